The number of benzene rings is 1. The summed E-state index contributed by atoms with van der Waals surface area (Å²) in [6.07, 6.45) is 5.45. The van der Waals surface area contributed by atoms with Crippen LogP contribution in [0.1, 0.15) is 63.4 Å². The molecule has 4 atom stereocenters. The smallest absolute Gasteiger partial charge is 0.303 e. The second-order valence-corrected chi connectivity index (χ2v) is 7.99. The van der Waals surface area contributed by atoms with Crippen LogP contribution in [0.4, 0.5) is 0 Å². The number of aliphatic hydroxyl groups excluding tert-OH is 2. The van der Waals surface area contributed by atoms with E-state index in [1.54, 1.807) is 0 Å². The third-order valence-electron chi connectivity index (χ3n) is 6.07. The zero-order valence-electron chi connectivity index (χ0n) is 16.9. The van der Waals surface area contributed by atoms with Gasteiger partial charge in [0.1, 0.15) is 11.9 Å². The fourth-order valence-corrected chi connectivity index (χ4v) is 4.62. The minimum Gasteiger partial charge on any atom is -0.489 e. The summed E-state index contributed by atoms with van der Waals surface area (Å²) in [5.41, 5.74) is 0.893. The molecule has 1 saturated carbocycles. The molecule has 1 heterocycles. The Hall–Kier alpha value is -2.29. The molecule has 0 saturated heterocycles. The number of aliphatic hydroxyl groups is 2. The molecule has 1 aromatic carbocycles. The molecule has 1 fully saturated rings. The summed E-state index contributed by atoms with van der Waals surface area (Å²) in [7, 11) is 0. The lowest BCUT2D eigenvalue weighted by Gasteiger charge is -2.32. The molecule has 1 aliphatic heterocycles. The van der Waals surface area contributed by atoms with Gasteiger partial charge in [0, 0.05) is 29.9 Å². The highest BCUT2D eigenvalue weighted by Crippen LogP contribution is 2.58. The van der Waals surface area contributed by atoms with Crippen LogP contribution in [0.15, 0.2) is 35.9 Å². The van der Waals surface area contributed by atoms with Crippen LogP contribution in [0.25, 0.3) is 0 Å². The van der Waals surface area contributed by atoms with E-state index in [2.05, 4.69) is 18.8 Å². The van der Waals surface area contributed by atoms with E-state index in [1.165, 1.54) is 0 Å². The van der Waals surface area contributed by atoms with Crippen LogP contribution in [0, 0.1) is 17.3 Å². The van der Waals surface area contributed by atoms with Gasteiger partial charge in [-0.25, -0.2) is 0 Å². The molecule has 5 nitrogen and oxygen atoms in total. The van der Waals surface area contributed by atoms with Gasteiger partial charge in [-0.15, -0.1) is 0 Å². The fourth-order valence-electron chi connectivity index (χ4n) is 4.62. The van der Waals surface area contributed by atoms with Crippen molar-refractivity contribution in [3.8, 4) is 17.6 Å². The van der Waals surface area contributed by atoms with E-state index >= 15 is 0 Å². The van der Waals surface area contributed by atoms with Gasteiger partial charge in [-0.05, 0) is 25.3 Å². The number of para-hydroxylation sites is 1. The van der Waals surface area contributed by atoms with Gasteiger partial charge in [0.05, 0.1) is 18.1 Å². The van der Waals surface area contributed by atoms with Crippen molar-refractivity contribution in [2.24, 2.45) is 5.41 Å². The molecule has 1 aliphatic carbocycles. The zero-order chi connectivity index (χ0) is 20.9. The first-order valence-electron chi connectivity index (χ1n) is 10.5. The number of carbonyl (C=O) groups is 1. The molecule has 2 aliphatic rings. The molecule has 3 rings (SSSR count). The first-order chi connectivity index (χ1) is 14.0. The second kappa shape index (κ2) is 9.47. The number of carboxylic acid groups (broad SMARTS) is 1. The number of ether oxygens (including phenoxy) is 1. The normalized spacial score (nSPS) is 27.6. The minimum atomic E-state index is -0.851. The number of carboxylic acids is 1. The maximum atomic E-state index is 11.1. The van der Waals surface area contributed by atoms with E-state index in [0.717, 1.165) is 30.6 Å². The van der Waals surface area contributed by atoms with Crippen molar-refractivity contribution in [1.82, 2.24) is 0 Å². The van der Waals surface area contributed by atoms with Gasteiger partial charge in [-0.1, -0.05) is 55.9 Å². The summed E-state index contributed by atoms with van der Waals surface area (Å²) in [6, 6.07) is 7.82. The third-order valence-corrected chi connectivity index (χ3v) is 6.07. The van der Waals surface area contributed by atoms with Crippen LogP contribution in [-0.4, -0.2) is 40.1 Å². The first-order valence-corrected chi connectivity index (χ1v) is 10.5. The molecule has 0 bridgehead atoms. The number of fused-ring (bicyclic) bond motifs is 3. The molecule has 5 heteroatoms. The topological polar surface area (TPSA) is 87.0 Å². The third kappa shape index (κ3) is 4.49. The highest BCUT2D eigenvalue weighted by atomic mass is 16.5. The summed E-state index contributed by atoms with van der Waals surface area (Å²) in [5.74, 6) is 6.29. The average molecular weight is 398 g/mol. The summed E-state index contributed by atoms with van der Waals surface area (Å²) in [4.78, 5) is 11.1. The predicted molar refractivity (Wildman–Crippen MR) is 111 cm³/mol. The Balaban J connectivity index is 1.97. The van der Waals surface area contributed by atoms with Crippen LogP contribution in [0.5, 0.6) is 5.75 Å². The molecule has 0 aromatic heterocycles. The second-order valence-electron chi connectivity index (χ2n) is 7.99. The van der Waals surface area contributed by atoms with Crippen LogP contribution < -0.4 is 4.74 Å². The Morgan fingerprint density at radius 3 is 2.86 bits per heavy atom. The monoisotopic (exact) mass is 398 g/mol. The fraction of sp³-hybridized carbons (Fsp3) is 0.542. The summed E-state index contributed by atoms with van der Waals surface area (Å²) in [5, 5.41) is 29.8. The van der Waals surface area contributed by atoms with Crippen molar-refractivity contribution in [3.05, 3.63) is 41.5 Å². The lowest BCUT2D eigenvalue weighted by molar-refractivity contribution is -0.137. The van der Waals surface area contributed by atoms with E-state index in [1.807, 2.05) is 30.3 Å². The van der Waals surface area contributed by atoms with Gasteiger partial charge in [-0.2, -0.15) is 0 Å². The molecule has 0 radical (unpaired) electrons. The highest BCUT2D eigenvalue weighted by Gasteiger charge is 2.58. The number of rotatable bonds is 8. The number of hydrogen-bond donors (Lipinski definition) is 3. The lowest BCUT2D eigenvalue weighted by atomic mass is 9.70. The Kier molecular flexibility index (Phi) is 7.00. The SMILES string of the molecule is CCCCC=C(C#CC1(CCCC(=O)O)C(O)CC2Oc3ccccc3C21)CO. The van der Waals surface area contributed by atoms with Gasteiger partial charge < -0.3 is 20.1 Å². The quantitative estimate of drug-likeness (QED) is 0.460. The summed E-state index contributed by atoms with van der Waals surface area (Å²) < 4.78 is 6.09. The van der Waals surface area contributed by atoms with Gasteiger partial charge in [0.15, 0.2) is 0 Å². The molecule has 0 spiro atoms. The number of unbranched alkanes of at least 4 members (excludes halogenated alkanes) is 2. The van der Waals surface area contributed by atoms with Crippen molar-refractivity contribution in [1.29, 1.82) is 0 Å². The molecule has 0 amide bonds. The van der Waals surface area contributed by atoms with E-state index < -0.39 is 17.5 Å². The Morgan fingerprint density at radius 2 is 2.14 bits per heavy atom. The minimum absolute atomic E-state index is 0.0369. The number of hydrogen-bond acceptors (Lipinski definition) is 4. The zero-order valence-corrected chi connectivity index (χ0v) is 16.9. The number of aliphatic carboxylic acids is 1. The lowest BCUT2D eigenvalue weighted by Crippen LogP contribution is -2.34. The average Bonchev–Trinajstić information content (AvgIpc) is 3.18. The van der Waals surface area contributed by atoms with E-state index in [-0.39, 0.29) is 25.0 Å². The molecule has 156 valence electrons. The van der Waals surface area contributed by atoms with Crippen molar-refractivity contribution in [2.45, 2.75) is 70.0 Å². The van der Waals surface area contributed by atoms with Gasteiger partial charge >= 0.3 is 5.97 Å². The predicted octanol–water partition coefficient (Wildman–Crippen LogP) is 3.65. The van der Waals surface area contributed by atoms with Crippen molar-refractivity contribution in [2.75, 3.05) is 6.61 Å². The molecule has 4 unspecified atom stereocenters. The summed E-state index contributed by atoms with van der Waals surface area (Å²) in [6.45, 7) is 1.97. The largest absolute Gasteiger partial charge is 0.489 e. The van der Waals surface area contributed by atoms with Gasteiger partial charge in [0.25, 0.3) is 0 Å². The van der Waals surface area contributed by atoms with Crippen molar-refractivity contribution < 1.29 is 24.9 Å². The van der Waals surface area contributed by atoms with Crippen molar-refractivity contribution >= 4 is 5.97 Å². The summed E-state index contributed by atoms with van der Waals surface area (Å²) >= 11 is 0. The van der Waals surface area contributed by atoms with Gasteiger partial charge in [0.2, 0.25) is 0 Å². The molecule has 3 N–H and O–H groups in total. The highest BCUT2D eigenvalue weighted by molar-refractivity contribution is 5.66. The maximum Gasteiger partial charge on any atom is 0.303 e. The van der Waals surface area contributed by atoms with E-state index in [0.29, 0.717) is 24.8 Å². The molecule has 1 aromatic rings. The Labute approximate surface area is 172 Å². The van der Waals surface area contributed by atoms with Gasteiger partial charge in [-0.3, -0.25) is 4.79 Å². The van der Waals surface area contributed by atoms with Crippen LogP contribution in [0.3, 0.4) is 0 Å². The van der Waals surface area contributed by atoms with Crippen LogP contribution in [-0.2, 0) is 4.79 Å². The Morgan fingerprint density at radius 1 is 1.34 bits per heavy atom. The first kappa shape index (κ1) is 21.4. The standard InChI is InChI=1S/C24H30O5/c1-2-3-4-8-17(16-25)12-14-24(13-7-11-22(27)28)21(26)15-20-23(24)18-9-5-6-10-19(18)29-20/h5-6,8-10,20-21,23,25-26H,2-4,7,11,13,15-16H2,1H3,(H,27,28). The molecular weight excluding hydrogens is 368 g/mol. The Bertz CT molecular complexity index is 818. The number of allylic oxidation sites excluding steroid dienone is 1. The molecule has 29 heavy (non-hydrogen) atoms. The van der Waals surface area contributed by atoms with Crippen molar-refractivity contribution in [3.63, 3.8) is 0 Å². The van der Waals surface area contributed by atoms with Crippen LogP contribution in [0.2, 0.25) is 0 Å². The van der Waals surface area contributed by atoms with E-state index in [4.69, 9.17) is 9.84 Å². The molecular formula is C24H30O5. The van der Waals surface area contributed by atoms with Crippen LogP contribution >= 0.6 is 0 Å². The maximum absolute atomic E-state index is 11.1. The van der Waals surface area contributed by atoms with E-state index in [9.17, 15) is 15.0 Å².